The molecule has 0 spiro atoms. The van der Waals surface area contributed by atoms with Crippen LogP contribution < -0.4 is 0 Å². The first kappa shape index (κ1) is 13.9. The van der Waals surface area contributed by atoms with Gasteiger partial charge in [-0.2, -0.15) is 5.26 Å². The van der Waals surface area contributed by atoms with E-state index in [1.54, 1.807) is 0 Å². The van der Waals surface area contributed by atoms with Crippen molar-refractivity contribution in [1.82, 2.24) is 0 Å². The Bertz CT molecular complexity index is 400. The Morgan fingerprint density at radius 2 is 1.42 bits per heavy atom. The topological polar surface area (TPSA) is 67.0 Å². The molecule has 0 N–H and O–H groups in total. The number of nitrogens with zero attached hydrogens (tertiary/aromatic N) is 3. The Balaban J connectivity index is 2.12. The third-order valence-corrected chi connectivity index (χ3v) is 3.55. The van der Waals surface area contributed by atoms with E-state index in [4.69, 9.17) is 9.47 Å². The minimum atomic E-state index is -0.590. The molecule has 0 aromatic heterocycles. The summed E-state index contributed by atoms with van der Waals surface area (Å²) in [4.78, 5) is 8.97. The van der Waals surface area contributed by atoms with Crippen molar-refractivity contribution in [2.75, 3.05) is 13.2 Å². The summed E-state index contributed by atoms with van der Waals surface area (Å²) in [6.45, 7) is 9.49. The van der Waals surface area contributed by atoms with Gasteiger partial charge in [0, 0.05) is 0 Å². The predicted octanol–water partition coefficient (Wildman–Crippen LogP) is 2.03. The standard InChI is InChI=1S/C14H21N3O2/c1-8(2)11-6-18-13(16-11)10(5-15)14-17-12(7-19-14)9(3)4/h8-12H,6-7H2,1-4H3/t11-,12-/m0/s1. The van der Waals surface area contributed by atoms with E-state index >= 15 is 0 Å². The van der Waals surface area contributed by atoms with Crippen molar-refractivity contribution in [3.63, 3.8) is 0 Å². The molecule has 0 amide bonds. The van der Waals surface area contributed by atoms with Gasteiger partial charge in [0.2, 0.25) is 11.8 Å². The van der Waals surface area contributed by atoms with Gasteiger partial charge in [0.25, 0.3) is 0 Å². The molecule has 19 heavy (non-hydrogen) atoms. The van der Waals surface area contributed by atoms with E-state index in [9.17, 15) is 5.26 Å². The van der Waals surface area contributed by atoms with Crippen LogP contribution in [0, 0.1) is 29.1 Å². The smallest absolute Gasteiger partial charge is 0.211 e. The molecule has 104 valence electrons. The lowest BCUT2D eigenvalue weighted by Gasteiger charge is -2.07. The van der Waals surface area contributed by atoms with Crippen molar-refractivity contribution in [3.05, 3.63) is 0 Å². The Morgan fingerprint density at radius 3 is 1.68 bits per heavy atom. The van der Waals surface area contributed by atoms with Gasteiger partial charge < -0.3 is 9.47 Å². The molecule has 5 nitrogen and oxygen atoms in total. The summed E-state index contributed by atoms with van der Waals surface area (Å²) >= 11 is 0. The van der Waals surface area contributed by atoms with E-state index in [-0.39, 0.29) is 12.1 Å². The maximum absolute atomic E-state index is 9.32. The van der Waals surface area contributed by atoms with Crippen LogP contribution in [-0.2, 0) is 9.47 Å². The molecule has 5 heteroatoms. The molecule has 0 unspecified atom stereocenters. The summed E-state index contributed by atoms with van der Waals surface area (Å²) in [6, 6.07) is 2.46. The van der Waals surface area contributed by atoms with Gasteiger partial charge in [-0.25, -0.2) is 9.98 Å². The van der Waals surface area contributed by atoms with Gasteiger partial charge in [-0.15, -0.1) is 0 Å². The van der Waals surface area contributed by atoms with Crippen LogP contribution >= 0.6 is 0 Å². The van der Waals surface area contributed by atoms with Gasteiger partial charge >= 0.3 is 0 Å². The minimum absolute atomic E-state index is 0.133. The largest absolute Gasteiger partial charge is 0.477 e. The fourth-order valence-corrected chi connectivity index (χ4v) is 2.03. The highest BCUT2D eigenvalue weighted by molar-refractivity contribution is 6.04. The van der Waals surface area contributed by atoms with Gasteiger partial charge in [0.15, 0.2) is 5.92 Å². The summed E-state index contributed by atoms with van der Waals surface area (Å²) in [5.41, 5.74) is 0. The van der Waals surface area contributed by atoms with Gasteiger partial charge in [0.05, 0.1) is 18.2 Å². The molecule has 2 atom stereocenters. The predicted molar refractivity (Wildman–Crippen MR) is 73.1 cm³/mol. The molecular formula is C14H21N3O2. The number of nitriles is 1. The normalized spacial score (nSPS) is 26.2. The third kappa shape index (κ3) is 2.89. The van der Waals surface area contributed by atoms with Gasteiger partial charge in [-0.1, -0.05) is 27.7 Å². The third-order valence-electron chi connectivity index (χ3n) is 3.55. The van der Waals surface area contributed by atoms with Crippen molar-refractivity contribution < 1.29 is 9.47 Å². The molecule has 0 bridgehead atoms. The molecule has 0 fully saturated rings. The van der Waals surface area contributed by atoms with E-state index in [2.05, 4.69) is 43.7 Å². The van der Waals surface area contributed by atoms with Crippen LogP contribution in [0.4, 0.5) is 0 Å². The Hall–Kier alpha value is -1.57. The maximum atomic E-state index is 9.32. The fraction of sp³-hybridized carbons (Fsp3) is 0.786. The fourth-order valence-electron chi connectivity index (χ4n) is 2.03. The summed E-state index contributed by atoms with van der Waals surface area (Å²) in [5, 5.41) is 9.32. The highest BCUT2D eigenvalue weighted by Gasteiger charge is 2.35. The molecule has 0 saturated carbocycles. The zero-order valence-corrected chi connectivity index (χ0v) is 12.0. The van der Waals surface area contributed by atoms with Gasteiger partial charge in [-0.05, 0) is 11.8 Å². The molecule has 0 aliphatic carbocycles. The molecular weight excluding hydrogens is 242 g/mol. The summed E-state index contributed by atoms with van der Waals surface area (Å²) in [7, 11) is 0. The Kier molecular flexibility index (Phi) is 4.08. The van der Waals surface area contributed by atoms with Crippen molar-refractivity contribution >= 4 is 11.8 Å². The molecule has 2 aliphatic heterocycles. The van der Waals surface area contributed by atoms with Crippen LogP contribution in [0.25, 0.3) is 0 Å². The monoisotopic (exact) mass is 263 g/mol. The molecule has 2 aliphatic rings. The van der Waals surface area contributed by atoms with Crippen LogP contribution in [0.1, 0.15) is 27.7 Å². The zero-order chi connectivity index (χ0) is 14.0. The van der Waals surface area contributed by atoms with Crippen molar-refractivity contribution in [2.24, 2.45) is 27.7 Å². The van der Waals surface area contributed by atoms with Crippen molar-refractivity contribution in [2.45, 2.75) is 39.8 Å². The number of rotatable bonds is 4. The van der Waals surface area contributed by atoms with Gasteiger partial charge in [0.1, 0.15) is 13.2 Å². The lowest BCUT2D eigenvalue weighted by Crippen LogP contribution is -2.23. The quantitative estimate of drug-likeness (QED) is 0.779. The highest BCUT2D eigenvalue weighted by atomic mass is 16.5. The summed E-state index contributed by atoms with van der Waals surface area (Å²) < 4.78 is 11.1. The Labute approximate surface area is 114 Å². The molecule has 2 rings (SSSR count). The maximum Gasteiger partial charge on any atom is 0.211 e. The van der Waals surface area contributed by atoms with E-state index < -0.39 is 5.92 Å². The second-order valence-electron chi connectivity index (χ2n) is 5.74. The van der Waals surface area contributed by atoms with Crippen LogP contribution in [0.2, 0.25) is 0 Å². The van der Waals surface area contributed by atoms with E-state index in [0.717, 1.165) is 0 Å². The zero-order valence-electron chi connectivity index (χ0n) is 12.0. The van der Waals surface area contributed by atoms with Crippen LogP contribution in [0.3, 0.4) is 0 Å². The highest BCUT2D eigenvalue weighted by Crippen LogP contribution is 2.22. The SMILES string of the molecule is CC(C)[C@@H]1COC(C(C#N)C2=N[C@H](C(C)C)CO2)=N1. The van der Waals surface area contributed by atoms with Gasteiger partial charge in [-0.3, -0.25) is 0 Å². The van der Waals surface area contributed by atoms with Crippen LogP contribution in [0.5, 0.6) is 0 Å². The number of hydrogen-bond donors (Lipinski definition) is 0. The van der Waals surface area contributed by atoms with Crippen LogP contribution in [0.15, 0.2) is 9.98 Å². The first-order valence-corrected chi connectivity index (χ1v) is 6.83. The molecule has 2 heterocycles. The lowest BCUT2D eigenvalue weighted by molar-refractivity contribution is 0.270. The molecule has 0 aromatic rings. The molecule has 0 aromatic carbocycles. The second kappa shape index (κ2) is 5.60. The summed E-state index contributed by atoms with van der Waals surface area (Å²) in [6.07, 6.45) is 0. The molecule has 0 radical (unpaired) electrons. The van der Waals surface area contributed by atoms with Crippen molar-refractivity contribution in [1.29, 1.82) is 5.26 Å². The van der Waals surface area contributed by atoms with E-state index in [0.29, 0.717) is 36.8 Å². The first-order valence-electron chi connectivity index (χ1n) is 6.83. The minimum Gasteiger partial charge on any atom is -0.477 e. The average Bonchev–Trinajstić information content (AvgIpc) is 2.98. The van der Waals surface area contributed by atoms with E-state index in [1.165, 1.54) is 0 Å². The average molecular weight is 263 g/mol. The number of hydrogen-bond acceptors (Lipinski definition) is 5. The molecule has 0 saturated heterocycles. The first-order chi connectivity index (χ1) is 9.02. The second-order valence-corrected chi connectivity index (χ2v) is 5.74. The number of ether oxygens (including phenoxy) is 2. The van der Waals surface area contributed by atoms with Crippen LogP contribution in [-0.4, -0.2) is 37.1 Å². The van der Waals surface area contributed by atoms with E-state index in [1.807, 2.05) is 0 Å². The lowest BCUT2D eigenvalue weighted by atomic mass is 10.1. The number of aliphatic imine (C=N–C) groups is 2. The Morgan fingerprint density at radius 1 is 1.00 bits per heavy atom. The van der Waals surface area contributed by atoms with Crippen molar-refractivity contribution in [3.8, 4) is 6.07 Å². The summed E-state index contributed by atoms with van der Waals surface area (Å²) in [5.74, 6) is 1.15.